The monoisotopic (exact) mass is 272 g/mol. The standard InChI is InChI=1S/C16H32O3/c1-14(2)9-5-6-10-18-11-7-8-12-19-13-16(17)15(3)4/h14-15H,5-13H2,1-4H3. The molecule has 0 aromatic carbocycles. The lowest BCUT2D eigenvalue weighted by atomic mass is 10.1. The highest BCUT2D eigenvalue weighted by atomic mass is 16.5. The van der Waals surface area contributed by atoms with Crippen LogP contribution in [-0.2, 0) is 14.3 Å². The van der Waals surface area contributed by atoms with Crippen molar-refractivity contribution in [3.63, 3.8) is 0 Å². The van der Waals surface area contributed by atoms with Crippen LogP contribution < -0.4 is 0 Å². The van der Waals surface area contributed by atoms with Gasteiger partial charge in [0.1, 0.15) is 6.61 Å². The zero-order valence-corrected chi connectivity index (χ0v) is 13.2. The van der Waals surface area contributed by atoms with Crippen molar-refractivity contribution in [3.8, 4) is 0 Å². The minimum Gasteiger partial charge on any atom is -0.381 e. The van der Waals surface area contributed by atoms with Crippen LogP contribution in [0.25, 0.3) is 0 Å². The van der Waals surface area contributed by atoms with Crippen molar-refractivity contribution in [1.82, 2.24) is 0 Å². The summed E-state index contributed by atoms with van der Waals surface area (Å²) in [6.45, 7) is 10.9. The van der Waals surface area contributed by atoms with Crippen molar-refractivity contribution in [3.05, 3.63) is 0 Å². The SMILES string of the molecule is CC(C)CCCCOCCCCOCC(=O)C(C)C. The predicted octanol–water partition coefficient (Wildman–Crippen LogP) is 3.85. The van der Waals surface area contributed by atoms with Crippen molar-refractivity contribution in [2.24, 2.45) is 11.8 Å². The Labute approximate surface area is 119 Å². The van der Waals surface area contributed by atoms with E-state index in [0.717, 1.165) is 38.4 Å². The molecule has 19 heavy (non-hydrogen) atoms. The van der Waals surface area contributed by atoms with Crippen LogP contribution in [0.2, 0.25) is 0 Å². The van der Waals surface area contributed by atoms with Crippen molar-refractivity contribution in [2.75, 3.05) is 26.4 Å². The number of Topliss-reactive ketones (excluding diaryl/α,β-unsaturated/α-hetero) is 1. The van der Waals surface area contributed by atoms with Crippen molar-refractivity contribution >= 4 is 5.78 Å². The molecule has 0 saturated heterocycles. The average molecular weight is 272 g/mol. The Hall–Kier alpha value is -0.410. The van der Waals surface area contributed by atoms with Crippen LogP contribution in [0.1, 0.15) is 59.8 Å². The normalized spacial score (nSPS) is 11.5. The number of ether oxygens (including phenoxy) is 2. The lowest BCUT2D eigenvalue weighted by Crippen LogP contribution is -2.15. The van der Waals surface area contributed by atoms with E-state index in [4.69, 9.17) is 9.47 Å². The number of hydrogen-bond donors (Lipinski definition) is 0. The van der Waals surface area contributed by atoms with Gasteiger partial charge in [0.15, 0.2) is 5.78 Å². The van der Waals surface area contributed by atoms with Crippen molar-refractivity contribution in [1.29, 1.82) is 0 Å². The maximum atomic E-state index is 11.3. The lowest BCUT2D eigenvalue weighted by Gasteiger charge is -2.07. The summed E-state index contributed by atoms with van der Waals surface area (Å²) in [6.07, 6.45) is 5.70. The van der Waals surface area contributed by atoms with Crippen molar-refractivity contribution in [2.45, 2.75) is 59.8 Å². The smallest absolute Gasteiger partial charge is 0.160 e. The molecule has 0 bridgehead atoms. The molecule has 0 aliphatic rings. The summed E-state index contributed by atoms with van der Waals surface area (Å²) in [5, 5.41) is 0. The average Bonchev–Trinajstić information content (AvgIpc) is 2.35. The molecule has 0 fully saturated rings. The van der Waals surface area contributed by atoms with Gasteiger partial charge in [0.25, 0.3) is 0 Å². The van der Waals surface area contributed by atoms with Crippen LogP contribution in [0.5, 0.6) is 0 Å². The fraction of sp³-hybridized carbons (Fsp3) is 0.938. The van der Waals surface area contributed by atoms with Crippen LogP contribution >= 0.6 is 0 Å². The Morgan fingerprint density at radius 2 is 1.37 bits per heavy atom. The molecule has 3 nitrogen and oxygen atoms in total. The second-order valence-corrected chi connectivity index (χ2v) is 5.88. The van der Waals surface area contributed by atoms with E-state index in [2.05, 4.69) is 13.8 Å². The summed E-state index contributed by atoms with van der Waals surface area (Å²) < 4.78 is 10.9. The summed E-state index contributed by atoms with van der Waals surface area (Å²) in [6, 6.07) is 0. The molecule has 0 saturated carbocycles. The Morgan fingerprint density at radius 3 is 1.89 bits per heavy atom. The van der Waals surface area contributed by atoms with E-state index < -0.39 is 0 Å². The minimum atomic E-state index is 0.0779. The fourth-order valence-electron chi connectivity index (χ4n) is 1.61. The molecule has 0 atom stereocenters. The molecule has 0 unspecified atom stereocenters. The molecule has 0 aromatic rings. The molecular formula is C16H32O3. The first-order chi connectivity index (χ1) is 9.04. The first-order valence-corrected chi connectivity index (χ1v) is 7.72. The molecule has 0 aliphatic carbocycles. The highest BCUT2D eigenvalue weighted by Crippen LogP contribution is 2.06. The van der Waals surface area contributed by atoms with E-state index in [1.165, 1.54) is 12.8 Å². The van der Waals surface area contributed by atoms with Crippen LogP contribution in [0, 0.1) is 11.8 Å². The van der Waals surface area contributed by atoms with Gasteiger partial charge in [-0.15, -0.1) is 0 Å². The van der Waals surface area contributed by atoms with Crippen LogP contribution in [0.15, 0.2) is 0 Å². The molecule has 114 valence electrons. The zero-order valence-electron chi connectivity index (χ0n) is 13.2. The van der Waals surface area contributed by atoms with Crippen LogP contribution in [0.3, 0.4) is 0 Å². The molecular weight excluding hydrogens is 240 g/mol. The molecule has 0 aromatic heterocycles. The summed E-state index contributed by atoms with van der Waals surface area (Å²) in [5.74, 6) is 1.06. The van der Waals surface area contributed by atoms with Gasteiger partial charge in [-0.25, -0.2) is 0 Å². The van der Waals surface area contributed by atoms with Gasteiger partial charge in [0, 0.05) is 25.7 Å². The van der Waals surface area contributed by atoms with Crippen LogP contribution in [-0.4, -0.2) is 32.2 Å². The largest absolute Gasteiger partial charge is 0.381 e. The maximum Gasteiger partial charge on any atom is 0.160 e. The van der Waals surface area contributed by atoms with Gasteiger partial charge in [-0.2, -0.15) is 0 Å². The first-order valence-electron chi connectivity index (χ1n) is 7.72. The third-order valence-corrected chi connectivity index (χ3v) is 3.04. The van der Waals surface area contributed by atoms with Gasteiger partial charge in [-0.3, -0.25) is 4.79 Å². The summed E-state index contributed by atoms with van der Waals surface area (Å²) in [7, 11) is 0. The Bertz CT molecular complexity index is 212. The van der Waals surface area contributed by atoms with Gasteiger partial charge in [-0.05, 0) is 25.2 Å². The molecule has 0 N–H and O–H groups in total. The number of rotatable bonds is 13. The summed E-state index contributed by atoms with van der Waals surface area (Å²) >= 11 is 0. The predicted molar refractivity (Wildman–Crippen MR) is 79.4 cm³/mol. The van der Waals surface area contributed by atoms with Gasteiger partial charge >= 0.3 is 0 Å². The highest BCUT2D eigenvalue weighted by molar-refractivity contribution is 5.81. The minimum absolute atomic E-state index is 0.0779. The van der Waals surface area contributed by atoms with E-state index >= 15 is 0 Å². The molecule has 0 rings (SSSR count). The maximum absolute atomic E-state index is 11.3. The number of ketones is 1. The molecule has 0 spiro atoms. The molecule has 0 aliphatic heterocycles. The second-order valence-electron chi connectivity index (χ2n) is 5.88. The number of unbranched alkanes of at least 4 members (excludes halogenated alkanes) is 2. The molecule has 0 radical (unpaired) electrons. The van der Waals surface area contributed by atoms with Gasteiger partial charge in [0.05, 0.1) is 0 Å². The molecule has 3 heteroatoms. The van der Waals surface area contributed by atoms with Gasteiger partial charge in [-0.1, -0.05) is 40.5 Å². The molecule has 0 amide bonds. The van der Waals surface area contributed by atoms with Gasteiger partial charge in [0.2, 0.25) is 0 Å². The van der Waals surface area contributed by atoms with E-state index in [1.807, 2.05) is 13.8 Å². The Kier molecular flexibility index (Phi) is 12.3. The van der Waals surface area contributed by atoms with E-state index in [1.54, 1.807) is 0 Å². The third kappa shape index (κ3) is 13.8. The quantitative estimate of drug-likeness (QED) is 0.478. The Balaban J connectivity index is 3.09. The van der Waals surface area contributed by atoms with Crippen molar-refractivity contribution < 1.29 is 14.3 Å². The summed E-state index contributed by atoms with van der Waals surface area (Å²) in [5.41, 5.74) is 0. The lowest BCUT2D eigenvalue weighted by molar-refractivity contribution is -0.126. The second kappa shape index (κ2) is 12.6. The third-order valence-electron chi connectivity index (χ3n) is 3.04. The summed E-state index contributed by atoms with van der Waals surface area (Å²) in [4.78, 5) is 11.3. The van der Waals surface area contributed by atoms with Crippen LogP contribution in [0.4, 0.5) is 0 Å². The number of carbonyl (C=O) groups is 1. The molecule has 0 heterocycles. The fourth-order valence-corrected chi connectivity index (χ4v) is 1.61. The Morgan fingerprint density at radius 1 is 0.842 bits per heavy atom. The van der Waals surface area contributed by atoms with Gasteiger partial charge < -0.3 is 9.47 Å². The van der Waals surface area contributed by atoms with E-state index in [9.17, 15) is 4.79 Å². The highest BCUT2D eigenvalue weighted by Gasteiger charge is 2.06. The number of carbonyl (C=O) groups excluding carboxylic acids is 1. The number of hydrogen-bond acceptors (Lipinski definition) is 3. The first kappa shape index (κ1) is 18.6. The topological polar surface area (TPSA) is 35.5 Å². The zero-order chi connectivity index (χ0) is 14.5. The van der Waals surface area contributed by atoms with E-state index in [-0.39, 0.29) is 18.3 Å². The van der Waals surface area contributed by atoms with E-state index in [0.29, 0.717) is 6.61 Å².